The topological polar surface area (TPSA) is 0 Å². The summed E-state index contributed by atoms with van der Waals surface area (Å²) < 4.78 is 0. The summed E-state index contributed by atoms with van der Waals surface area (Å²) in [6, 6.07) is 0. The van der Waals surface area contributed by atoms with Crippen LogP contribution < -0.4 is 0 Å². The van der Waals surface area contributed by atoms with E-state index >= 15 is 0 Å². The van der Waals surface area contributed by atoms with Crippen molar-refractivity contribution in [2.45, 2.75) is 6.92 Å². The Hall–Kier alpha value is 0.640. The first-order valence-corrected chi connectivity index (χ1v) is 6.32. The van der Waals surface area contributed by atoms with E-state index in [4.69, 9.17) is 0 Å². The van der Waals surface area contributed by atoms with Crippen molar-refractivity contribution < 1.29 is 0 Å². The Morgan fingerprint density at radius 3 is 2.57 bits per heavy atom. The lowest BCUT2D eigenvalue weighted by molar-refractivity contribution is 1.76. The summed E-state index contributed by atoms with van der Waals surface area (Å²) in [5.41, 5.74) is 3.36. The van der Waals surface area contributed by atoms with Crippen LogP contribution in [-0.2, 0) is 6.66 Å². The molecule has 0 spiro atoms. The van der Waals surface area contributed by atoms with Crippen LogP contribution >= 0.6 is 23.3 Å². The van der Waals surface area contributed by atoms with E-state index in [0.717, 1.165) is 0 Å². The van der Waals surface area contributed by atoms with Crippen molar-refractivity contribution in [1.29, 1.82) is 0 Å². The SMILES string of the molecule is Cc1pp[c]p1C. The van der Waals surface area contributed by atoms with Gasteiger partial charge in [0.2, 0.25) is 0 Å². The highest BCUT2D eigenvalue weighted by Crippen LogP contribution is 2.42. The lowest BCUT2D eigenvalue weighted by Gasteiger charge is -1.80. The summed E-state index contributed by atoms with van der Waals surface area (Å²) in [4.78, 5) is 0. The Kier molecular flexibility index (Phi) is 1.87. The monoisotopic (exact) mass is 147 g/mol. The van der Waals surface area contributed by atoms with Crippen molar-refractivity contribution in [2.24, 2.45) is 6.66 Å². The van der Waals surface area contributed by atoms with Crippen molar-refractivity contribution in [3.05, 3.63) is 10.6 Å². The minimum absolute atomic E-state index is 0.116. The molecule has 3 heteroatoms. The van der Waals surface area contributed by atoms with Crippen LogP contribution in [-0.4, -0.2) is 0 Å². The smallest absolute Gasteiger partial charge is 0.0421 e. The summed E-state index contributed by atoms with van der Waals surface area (Å²) in [5, 5.41) is 1.62. The average Bonchev–Trinajstić information content (AvgIpc) is 1.91. The summed E-state index contributed by atoms with van der Waals surface area (Å²) in [7, 11) is 3.00. The van der Waals surface area contributed by atoms with Gasteiger partial charge in [0, 0.05) is 10.6 Å². The molecule has 1 unspecified atom stereocenters. The highest BCUT2D eigenvalue weighted by atomic mass is 31.8. The van der Waals surface area contributed by atoms with Gasteiger partial charge in [0.15, 0.2) is 0 Å². The molecule has 1 aromatic rings. The molecule has 0 fully saturated rings. The molecular formula is C4H6P3. The van der Waals surface area contributed by atoms with Crippen LogP contribution in [0.15, 0.2) is 0 Å². The zero-order chi connectivity index (χ0) is 5.28. The van der Waals surface area contributed by atoms with Crippen molar-refractivity contribution in [1.82, 2.24) is 0 Å². The molecule has 1 rings (SSSR count). The van der Waals surface area contributed by atoms with Gasteiger partial charge in [-0.3, -0.25) is 0 Å². The van der Waals surface area contributed by atoms with Gasteiger partial charge in [-0.15, -0.1) is 7.53 Å². The molecule has 1 aromatic heterocycles. The Morgan fingerprint density at radius 2 is 2.43 bits per heavy atom. The molecule has 0 N–H and O–H groups in total. The van der Waals surface area contributed by atoms with Crippen LogP contribution in [0.5, 0.6) is 0 Å². The fourth-order valence-electron chi connectivity index (χ4n) is 0.301. The van der Waals surface area contributed by atoms with E-state index in [9.17, 15) is 0 Å². The molecule has 0 aliphatic carbocycles. The number of rotatable bonds is 0. The molecule has 0 saturated carbocycles. The second-order valence-electron chi connectivity index (χ2n) is 1.41. The van der Waals surface area contributed by atoms with Gasteiger partial charge in [-0.1, -0.05) is 0 Å². The fourth-order valence-corrected chi connectivity index (χ4v) is 6.33. The number of hydrogen-bond acceptors (Lipinski definition) is 0. The highest BCUT2D eigenvalue weighted by molar-refractivity contribution is 7.96. The molecule has 37 valence electrons. The van der Waals surface area contributed by atoms with Gasteiger partial charge in [-0.2, -0.15) is 0 Å². The first-order chi connectivity index (χ1) is 3.30. The van der Waals surface area contributed by atoms with Gasteiger partial charge >= 0.3 is 0 Å². The highest BCUT2D eigenvalue weighted by Gasteiger charge is 1.87. The molecule has 0 aliphatic rings. The molecule has 1 heterocycles. The van der Waals surface area contributed by atoms with Crippen LogP contribution in [0.4, 0.5) is 0 Å². The van der Waals surface area contributed by atoms with Gasteiger partial charge in [0.1, 0.15) is 0 Å². The standard InChI is InChI=1S/C4H6P3/c1-4-6-5-3-7(4)2/h1-2H3. The van der Waals surface area contributed by atoms with Gasteiger partial charge in [-0.05, 0) is 29.3 Å². The predicted octanol–water partition coefficient (Wildman–Crippen LogP) is 3.48. The lowest BCUT2D eigenvalue weighted by atomic mass is 11.0. The first-order valence-electron chi connectivity index (χ1n) is 2.04. The molecular weight excluding hydrogens is 141 g/mol. The normalized spacial score (nSPS) is 14.3. The van der Waals surface area contributed by atoms with E-state index in [1.54, 1.807) is 5.03 Å². The zero-order valence-corrected chi connectivity index (χ0v) is 7.02. The summed E-state index contributed by atoms with van der Waals surface area (Å²) in [6.07, 6.45) is 0. The second-order valence-corrected chi connectivity index (χ2v) is 6.62. The van der Waals surface area contributed by atoms with E-state index < -0.39 is 0 Å². The maximum absolute atomic E-state index is 3.36. The van der Waals surface area contributed by atoms with Crippen molar-refractivity contribution in [3.63, 3.8) is 0 Å². The predicted molar refractivity (Wildman–Crippen MR) is 38.7 cm³/mol. The van der Waals surface area contributed by atoms with Crippen LogP contribution in [0.25, 0.3) is 0 Å². The van der Waals surface area contributed by atoms with Gasteiger partial charge < -0.3 is 0 Å². The van der Waals surface area contributed by atoms with E-state index in [2.05, 4.69) is 19.1 Å². The minimum atomic E-state index is 0.116. The van der Waals surface area contributed by atoms with Crippen LogP contribution in [0.3, 0.4) is 0 Å². The largest absolute Gasteiger partial charge is 0.106 e. The molecule has 7 heavy (non-hydrogen) atoms. The van der Waals surface area contributed by atoms with Gasteiger partial charge in [0.25, 0.3) is 0 Å². The van der Waals surface area contributed by atoms with Crippen LogP contribution in [0.1, 0.15) is 5.03 Å². The van der Waals surface area contributed by atoms with Crippen LogP contribution in [0, 0.1) is 12.5 Å². The molecule has 1 radical (unpaired) electrons. The molecule has 1 atom stereocenters. The van der Waals surface area contributed by atoms with E-state index in [-0.39, 0.29) is 7.53 Å². The molecule has 0 amide bonds. The third-order valence-corrected chi connectivity index (χ3v) is 7.47. The van der Waals surface area contributed by atoms with E-state index in [1.807, 2.05) is 0 Å². The molecule has 0 aromatic carbocycles. The summed E-state index contributed by atoms with van der Waals surface area (Å²) >= 11 is 0. The van der Waals surface area contributed by atoms with E-state index in [1.165, 1.54) is 15.7 Å². The third-order valence-electron chi connectivity index (χ3n) is 0.875. The Labute approximate surface area is 48.1 Å². The summed E-state index contributed by atoms with van der Waals surface area (Å²) in [6.45, 7) is 4.48. The average molecular weight is 147 g/mol. The maximum Gasteiger partial charge on any atom is 0.0421 e. The summed E-state index contributed by atoms with van der Waals surface area (Å²) in [5.74, 6) is 0. The Balaban J connectivity index is 3.12. The maximum atomic E-state index is 3.36. The first kappa shape index (κ1) is 5.77. The number of aryl methyl sites for hydroxylation is 2. The lowest BCUT2D eigenvalue weighted by Crippen LogP contribution is -1.43. The third kappa shape index (κ3) is 1.26. The number of hydrogen-bond donors (Lipinski definition) is 0. The van der Waals surface area contributed by atoms with Crippen molar-refractivity contribution in [2.75, 3.05) is 0 Å². The van der Waals surface area contributed by atoms with Crippen molar-refractivity contribution >= 4 is 23.3 Å². The van der Waals surface area contributed by atoms with Gasteiger partial charge in [0.05, 0.1) is 0 Å². The molecule has 0 aliphatic heterocycles. The van der Waals surface area contributed by atoms with Gasteiger partial charge in [-0.25, -0.2) is 0 Å². The zero-order valence-electron chi connectivity index (χ0n) is 4.34. The molecule has 0 nitrogen and oxygen atoms in total. The van der Waals surface area contributed by atoms with Crippen molar-refractivity contribution in [3.8, 4) is 0 Å². The van der Waals surface area contributed by atoms with E-state index in [0.29, 0.717) is 0 Å². The quantitative estimate of drug-likeness (QED) is 0.526. The fraction of sp³-hybridized carbons (Fsp3) is 0.500. The molecule has 0 bridgehead atoms. The molecule has 0 saturated heterocycles. The van der Waals surface area contributed by atoms with Crippen LogP contribution in [0.2, 0.25) is 0 Å². The minimum Gasteiger partial charge on any atom is -0.106 e. The Morgan fingerprint density at radius 1 is 1.71 bits per heavy atom. The second kappa shape index (κ2) is 2.27. The Bertz CT molecular complexity index is 139.